The van der Waals surface area contributed by atoms with E-state index in [-0.39, 0.29) is 23.1 Å². The van der Waals surface area contributed by atoms with Gasteiger partial charge in [0, 0.05) is 0 Å². The number of carbonyl (C=O) groups is 2. The molecule has 0 aliphatic rings. The molecule has 0 radical (unpaired) electrons. The minimum atomic E-state index is -4.60. The number of hydrogen-bond acceptors (Lipinski definition) is 3. The fraction of sp³-hybridized carbons (Fsp3) is 0.300. The molecule has 1 atom stereocenters. The maximum atomic E-state index is 13.3. The van der Waals surface area contributed by atoms with Crippen LogP contribution in [0.5, 0.6) is 0 Å². The zero-order chi connectivity index (χ0) is 21.8. The summed E-state index contributed by atoms with van der Waals surface area (Å²) in [6.45, 7) is 3.30. The maximum absolute atomic E-state index is 13.3. The summed E-state index contributed by atoms with van der Waals surface area (Å²) in [5, 5.41) is 1.28. The normalized spacial score (nSPS) is 12.6. The first kappa shape index (κ1) is 23.0. The van der Waals surface area contributed by atoms with Crippen LogP contribution in [0, 0.1) is 5.92 Å². The Morgan fingerprint density at radius 1 is 1.10 bits per heavy atom. The topological polar surface area (TPSA) is 55.4 Å². The second kappa shape index (κ2) is 9.50. The Morgan fingerprint density at radius 3 is 2.24 bits per heavy atom. The van der Waals surface area contributed by atoms with Crippen molar-refractivity contribution < 1.29 is 27.5 Å². The van der Waals surface area contributed by atoms with E-state index in [2.05, 4.69) is 5.32 Å². The van der Waals surface area contributed by atoms with Crippen LogP contribution >= 0.6 is 23.2 Å². The van der Waals surface area contributed by atoms with Crippen molar-refractivity contribution in [3.05, 3.63) is 58.6 Å². The van der Waals surface area contributed by atoms with Crippen molar-refractivity contribution in [2.45, 2.75) is 32.7 Å². The highest BCUT2D eigenvalue weighted by molar-refractivity contribution is 6.64. The largest absolute Gasteiger partial charge is 0.445 e. The molecule has 0 aliphatic carbocycles. The lowest BCUT2D eigenvalue weighted by Crippen LogP contribution is -2.42. The van der Waals surface area contributed by atoms with Gasteiger partial charge in [0.25, 0.3) is 0 Å². The molecular formula is C20H18Cl2F3NO3. The lowest BCUT2D eigenvalue weighted by molar-refractivity contribution is -0.137. The van der Waals surface area contributed by atoms with Crippen molar-refractivity contribution in [2.75, 3.05) is 0 Å². The van der Waals surface area contributed by atoms with Gasteiger partial charge in [-0.2, -0.15) is 13.2 Å². The number of nitrogens with one attached hydrogen (secondary N) is 1. The number of alkyl halides is 3. The third-order valence-corrected chi connectivity index (χ3v) is 4.67. The molecular weight excluding hydrogens is 430 g/mol. The third kappa shape index (κ3) is 6.11. The van der Waals surface area contributed by atoms with Gasteiger partial charge in [-0.15, -0.1) is 0 Å². The van der Waals surface area contributed by atoms with E-state index in [0.717, 1.165) is 0 Å². The van der Waals surface area contributed by atoms with Crippen LogP contribution in [0.2, 0.25) is 5.02 Å². The predicted octanol–water partition coefficient (Wildman–Crippen LogP) is 6.04. The van der Waals surface area contributed by atoms with Gasteiger partial charge in [0.2, 0.25) is 5.24 Å². The van der Waals surface area contributed by atoms with Crippen molar-refractivity contribution in [3.63, 3.8) is 0 Å². The molecule has 0 aromatic heterocycles. The monoisotopic (exact) mass is 447 g/mol. The minimum absolute atomic E-state index is 0.0457. The highest BCUT2D eigenvalue weighted by atomic mass is 35.5. The van der Waals surface area contributed by atoms with Gasteiger partial charge >= 0.3 is 12.3 Å². The first-order valence-electron chi connectivity index (χ1n) is 8.58. The molecule has 1 N–H and O–H groups in total. The Hall–Kier alpha value is -2.25. The molecule has 29 heavy (non-hydrogen) atoms. The first-order chi connectivity index (χ1) is 13.5. The Bertz CT molecular complexity index is 884. The van der Waals surface area contributed by atoms with E-state index < -0.39 is 29.1 Å². The third-order valence-electron chi connectivity index (χ3n) is 4.12. The summed E-state index contributed by atoms with van der Waals surface area (Å²) in [6, 6.07) is 9.13. The Morgan fingerprint density at radius 2 is 1.72 bits per heavy atom. The Kier molecular flexibility index (Phi) is 7.54. The van der Waals surface area contributed by atoms with E-state index in [4.69, 9.17) is 27.9 Å². The summed E-state index contributed by atoms with van der Waals surface area (Å²) < 4.78 is 45.0. The van der Waals surface area contributed by atoms with Gasteiger partial charge in [-0.25, -0.2) is 4.79 Å². The number of benzene rings is 2. The molecule has 2 aromatic rings. The first-order valence-corrected chi connectivity index (χ1v) is 9.34. The number of carbonyl (C=O) groups excluding carboxylic acids is 2. The lowest BCUT2D eigenvalue weighted by atomic mass is 9.98. The molecule has 0 aliphatic heterocycles. The number of amides is 1. The summed E-state index contributed by atoms with van der Waals surface area (Å²) in [5.41, 5.74) is -0.0791. The molecule has 0 bridgehead atoms. The standard InChI is InChI=1S/C20H18Cl2F3NO3/c1-11(2)17(18(22)27)26-19(28)29-10-12-6-8-13(9-7-12)14-4-3-5-15(21)16(14)20(23,24)25/h3-9,11,17H,10H2,1-2H3,(H,26,28). The van der Waals surface area contributed by atoms with Crippen LogP contribution in [0.4, 0.5) is 18.0 Å². The van der Waals surface area contributed by atoms with Crippen molar-refractivity contribution >= 4 is 34.5 Å². The van der Waals surface area contributed by atoms with E-state index >= 15 is 0 Å². The molecule has 0 spiro atoms. The zero-order valence-electron chi connectivity index (χ0n) is 15.5. The Balaban J connectivity index is 2.10. The average molecular weight is 448 g/mol. The summed E-state index contributed by atoms with van der Waals surface area (Å²) >= 11 is 11.2. The summed E-state index contributed by atoms with van der Waals surface area (Å²) in [6.07, 6.45) is -5.42. The highest BCUT2D eigenvalue weighted by Gasteiger charge is 2.36. The molecule has 1 amide bonds. The van der Waals surface area contributed by atoms with E-state index in [1.807, 2.05) is 0 Å². The second-order valence-electron chi connectivity index (χ2n) is 6.60. The quantitative estimate of drug-likeness (QED) is 0.548. The molecule has 0 fully saturated rings. The van der Waals surface area contributed by atoms with E-state index in [9.17, 15) is 22.8 Å². The van der Waals surface area contributed by atoms with Gasteiger partial charge in [0.05, 0.1) is 10.6 Å². The fourth-order valence-corrected chi connectivity index (χ4v) is 3.22. The van der Waals surface area contributed by atoms with Gasteiger partial charge in [-0.1, -0.05) is 61.8 Å². The molecule has 2 aromatic carbocycles. The van der Waals surface area contributed by atoms with Crippen LogP contribution in [0.3, 0.4) is 0 Å². The molecule has 156 valence electrons. The summed E-state index contributed by atoms with van der Waals surface area (Å²) in [5.74, 6) is -0.215. The zero-order valence-corrected chi connectivity index (χ0v) is 17.0. The highest BCUT2D eigenvalue weighted by Crippen LogP contribution is 2.41. The molecule has 1 unspecified atom stereocenters. The number of hydrogen-bond donors (Lipinski definition) is 1. The number of halogens is 5. The van der Waals surface area contributed by atoms with Crippen LogP contribution < -0.4 is 5.32 Å². The van der Waals surface area contributed by atoms with Crippen LogP contribution in [0.1, 0.15) is 25.0 Å². The molecule has 4 nitrogen and oxygen atoms in total. The van der Waals surface area contributed by atoms with Crippen LogP contribution in [-0.4, -0.2) is 17.4 Å². The van der Waals surface area contributed by atoms with Crippen LogP contribution in [-0.2, 0) is 22.3 Å². The molecule has 0 heterocycles. The fourth-order valence-electron chi connectivity index (χ4n) is 2.64. The van der Waals surface area contributed by atoms with E-state index in [1.54, 1.807) is 13.8 Å². The summed E-state index contributed by atoms with van der Waals surface area (Å²) in [7, 11) is 0. The SMILES string of the molecule is CC(C)C(NC(=O)OCc1ccc(-c2cccc(Cl)c2C(F)(F)F)cc1)C(=O)Cl. The predicted molar refractivity (Wildman–Crippen MR) is 105 cm³/mol. The molecule has 0 saturated carbocycles. The molecule has 0 saturated heterocycles. The molecule has 9 heteroatoms. The van der Waals surface area contributed by atoms with Crippen molar-refractivity contribution in [1.29, 1.82) is 0 Å². The smallest absolute Gasteiger partial charge is 0.418 e. The van der Waals surface area contributed by atoms with Gasteiger partial charge in [0.15, 0.2) is 0 Å². The van der Waals surface area contributed by atoms with Crippen molar-refractivity contribution in [3.8, 4) is 11.1 Å². The number of alkyl carbamates (subject to hydrolysis) is 1. The van der Waals surface area contributed by atoms with E-state index in [0.29, 0.717) is 11.1 Å². The van der Waals surface area contributed by atoms with Gasteiger partial charge < -0.3 is 10.1 Å². The van der Waals surface area contributed by atoms with E-state index in [1.165, 1.54) is 42.5 Å². The molecule has 2 rings (SSSR count). The second-order valence-corrected chi connectivity index (χ2v) is 7.38. The minimum Gasteiger partial charge on any atom is -0.445 e. The number of ether oxygens (including phenoxy) is 1. The van der Waals surface area contributed by atoms with Gasteiger partial charge in [-0.3, -0.25) is 4.79 Å². The van der Waals surface area contributed by atoms with Crippen LogP contribution in [0.25, 0.3) is 11.1 Å². The summed E-state index contributed by atoms with van der Waals surface area (Å²) in [4.78, 5) is 23.1. The van der Waals surface area contributed by atoms with Crippen molar-refractivity contribution in [2.24, 2.45) is 5.92 Å². The number of rotatable bonds is 6. The average Bonchev–Trinajstić information content (AvgIpc) is 2.63. The maximum Gasteiger partial charge on any atom is 0.418 e. The Labute approximate surface area is 175 Å². The van der Waals surface area contributed by atoms with Crippen molar-refractivity contribution in [1.82, 2.24) is 5.32 Å². The lowest BCUT2D eigenvalue weighted by Gasteiger charge is -2.18. The van der Waals surface area contributed by atoms with Gasteiger partial charge in [0.1, 0.15) is 12.6 Å². The van der Waals surface area contributed by atoms with Crippen LogP contribution in [0.15, 0.2) is 42.5 Å². The van der Waals surface area contributed by atoms with Gasteiger partial charge in [-0.05, 0) is 40.3 Å².